The topological polar surface area (TPSA) is 64.2 Å². The average molecular weight is 255 g/mol. The van der Waals surface area contributed by atoms with E-state index in [1.807, 2.05) is 36.1 Å². The van der Waals surface area contributed by atoms with Gasteiger partial charge < -0.3 is 9.72 Å². The Kier molecular flexibility index (Phi) is 2.75. The summed E-state index contributed by atoms with van der Waals surface area (Å²) in [5, 5.41) is 6.92. The number of amides is 1. The number of fused-ring (bicyclic) bond motifs is 1. The van der Waals surface area contributed by atoms with Gasteiger partial charge in [0.25, 0.3) is 5.91 Å². The number of carbonyl (C=O) groups excluding carboxylic acids is 1. The first-order chi connectivity index (χ1) is 9.24. The van der Waals surface area contributed by atoms with Crippen molar-refractivity contribution >= 4 is 11.6 Å². The van der Waals surface area contributed by atoms with E-state index in [9.17, 15) is 4.79 Å². The Morgan fingerprint density at radius 3 is 3.11 bits per heavy atom. The van der Waals surface area contributed by atoms with Crippen LogP contribution in [-0.4, -0.2) is 25.1 Å². The van der Waals surface area contributed by atoms with Crippen molar-refractivity contribution in [1.82, 2.24) is 24.5 Å². The molecule has 0 unspecified atom stereocenters. The van der Waals surface area contributed by atoms with E-state index in [0.717, 1.165) is 5.56 Å². The zero-order valence-corrected chi connectivity index (χ0v) is 10.4. The summed E-state index contributed by atoms with van der Waals surface area (Å²) < 4.78 is 3.52. The summed E-state index contributed by atoms with van der Waals surface area (Å²) in [6.07, 6.45) is 8.95. The fourth-order valence-corrected chi connectivity index (χ4v) is 1.97. The largest absolute Gasteiger partial charge is 0.348 e. The Hall–Kier alpha value is -2.63. The molecule has 0 saturated heterocycles. The lowest BCUT2D eigenvalue weighted by Crippen LogP contribution is -2.23. The fourth-order valence-electron chi connectivity index (χ4n) is 1.97. The molecule has 3 aromatic rings. The summed E-state index contributed by atoms with van der Waals surface area (Å²) in [5.74, 6) is -0.138. The zero-order chi connectivity index (χ0) is 13.2. The van der Waals surface area contributed by atoms with Gasteiger partial charge in [-0.05, 0) is 12.1 Å². The van der Waals surface area contributed by atoms with Crippen LogP contribution in [-0.2, 0) is 13.6 Å². The first-order valence-electron chi connectivity index (χ1n) is 5.91. The first kappa shape index (κ1) is 11.5. The molecule has 0 fully saturated rings. The first-order valence-corrected chi connectivity index (χ1v) is 5.91. The minimum absolute atomic E-state index is 0.138. The van der Waals surface area contributed by atoms with E-state index in [2.05, 4.69) is 15.4 Å². The van der Waals surface area contributed by atoms with Crippen molar-refractivity contribution in [3.63, 3.8) is 0 Å². The molecule has 0 saturated carbocycles. The SMILES string of the molecule is Cn1cc(CNC(=O)c2cccn3ccnc23)cn1. The zero-order valence-electron chi connectivity index (χ0n) is 10.4. The highest BCUT2D eigenvalue weighted by molar-refractivity contribution is 5.99. The molecule has 6 heteroatoms. The molecule has 19 heavy (non-hydrogen) atoms. The van der Waals surface area contributed by atoms with E-state index in [1.54, 1.807) is 23.1 Å². The van der Waals surface area contributed by atoms with E-state index in [1.165, 1.54) is 0 Å². The van der Waals surface area contributed by atoms with Gasteiger partial charge in [0.05, 0.1) is 11.8 Å². The number of nitrogens with one attached hydrogen (secondary N) is 1. The lowest BCUT2D eigenvalue weighted by atomic mass is 10.2. The van der Waals surface area contributed by atoms with Gasteiger partial charge in [-0.2, -0.15) is 5.10 Å². The lowest BCUT2D eigenvalue weighted by Gasteiger charge is -2.04. The molecule has 3 heterocycles. The monoisotopic (exact) mass is 255 g/mol. The van der Waals surface area contributed by atoms with Crippen molar-refractivity contribution in [2.75, 3.05) is 0 Å². The Morgan fingerprint density at radius 1 is 1.42 bits per heavy atom. The second-order valence-electron chi connectivity index (χ2n) is 4.28. The molecular formula is C13H13N5O. The van der Waals surface area contributed by atoms with Gasteiger partial charge in [0.1, 0.15) is 5.65 Å². The van der Waals surface area contributed by atoms with Crippen LogP contribution in [0.25, 0.3) is 5.65 Å². The maximum atomic E-state index is 12.1. The molecule has 0 aliphatic rings. The van der Waals surface area contributed by atoms with Gasteiger partial charge in [0, 0.05) is 43.9 Å². The van der Waals surface area contributed by atoms with Crippen LogP contribution in [0.15, 0.2) is 43.1 Å². The van der Waals surface area contributed by atoms with Crippen molar-refractivity contribution in [3.8, 4) is 0 Å². The molecule has 0 radical (unpaired) electrons. The Labute approximate surface area is 109 Å². The molecule has 0 aliphatic carbocycles. The maximum Gasteiger partial charge on any atom is 0.255 e. The van der Waals surface area contributed by atoms with Gasteiger partial charge in [0.15, 0.2) is 0 Å². The highest BCUT2D eigenvalue weighted by Gasteiger charge is 2.11. The number of hydrogen-bond donors (Lipinski definition) is 1. The number of nitrogens with zero attached hydrogens (tertiary/aromatic N) is 4. The molecule has 96 valence electrons. The number of imidazole rings is 1. The second-order valence-corrected chi connectivity index (χ2v) is 4.28. The van der Waals surface area contributed by atoms with Gasteiger partial charge >= 0.3 is 0 Å². The molecule has 6 nitrogen and oxygen atoms in total. The minimum atomic E-state index is -0.138. The van der Waals surface area contributed by atoms with Crippen LogP contribution in [0.2, 0.25) is 0 Å². The third-order valence-electron chi connectivity index (χ3n) is 2.88. The molecule has 3 rings (SSSR count). The minimum Gasteiger partial charge on any atom is -0.348 e. The van der Waals surface area contributed by atoms with Gasteiger partial charge in [-0.3, -0.25) is 9.48 Å². The van der Waals surface area contributed by atoms with Crippen LogP contribution in [0.5, 0.6) is 0 Å². The highest BCUT2D eigenvalue weighted by atomic mass is 16.1. The summed E-state index contributed by atoms with van der Waals surface area (Å²) in [6.45, 7) is 0.453. The molecule has 0 aliphatic heterocycles. The van der Waals surface area contributed by atoms with Gasteiger partial charge in [-0.15, -0.1) is 0 Å². The lowest BCUT2D eigenvalue weighted by molar-refractivity contribution is 0.0952. The quantitative estimate of drug-likeness (QED) is 0.759. The summed E-state index contributed by atoms with van der Waals surface area (Å²) in [6, 6.07) is 3.59. The van der Waals surface area contributed by atoms with E-state index in [0.29, 0.717) is 17.8 Å². The standard InChI is InChI=1S/C13H13N5O/c1-17-9-10(8-16-17)7-15-13(19)11-3-2-5-18-6-4-14-12(11)18/h2-6,8-9H,7H2,1H3,(H,15,19). The molecule has 1 N–H and O–H groups in total. The Morgan fingerprint density at radius 2 is 2.32 bits per heavy atom. The van der Waals surface area contributed by atoms with Gasteiger partial charge in [-0.25, -0.2) is 4.98 Å². The van der Waals surface area contributed by atoms with Gasteiger partial charge in [-0.1, -0.05) is 0 Å². The van der Waals surface area contributed by atoms with Crippen LogP contribution in [0.3, 0.4) is 0 Å². The van der Waals surface area contributed by atoms with Crippen LogP contribution < -0.4 is 5.32 Å². The van der Waals surface area contributed by atoms with Crippen molar-refractivity contribution < 1.29 is 4.79 Å². The number of hydrogen-bond acceptors (Lipinski definition) is 3. The van der Waals surface area contributed by atoms with E-state index in [4.69, 9.17) is 0 Å². The van der Waals surface area contributed by atoms with Crippen molar-refractivity contribution in [3.05, 3.63) is 54.2 Å². The van der Waals surface area contributed by atoms with E-state index < -0.39 is 0 Å². The van der Waals surface area contributed by atoms with Gasteiger partial charge in [0.2, 0.25) is 0 Å². The molecule has 0 bridgehead atoms. The van der Waals surface area contributed by atoms with Crippen molar-refractivity contribution in [1.29, 1.82) is 0 Å². The van der Waals surface area contributed by atoms with Crippen LogP contribution in [0.1, 0.15) is 15.9 Å². The average Bonchev–Trinajstić information content (AvgIpc) is 3.03. The summed E-state index contributed by atoms with van der Waals surface area (Å²) in [7, 11) is 1.84. The highest BCUT2D eigenvalue weighted by Crippen LogP contribution is 2.08. The summed E-state index contributed by atoms with van der Waals surface area (Å²) >= 11 is 0. The number of aryl methyl sites for hydroxylation is 1. The third-order valence-corrected chi connectivity index (χ3v) is 2.88. The van der Waals surface area contributed by atoms with Crippen LogP contribution in [0.4, 0.5) is 0 Å². The molecule has 3 aromatic heterocycles. The summed E-state index contributed by atoms with van der Waals surface area (Å²) in [5.41, 5.74) is 2.19. The Balaban J connectivity index is 1.78. The van der Waals surface area contributed by atoms with E-state index in [-0.39, 0.29) is 5.91 Å². The maximum absolute atomic E-state index is 12.1. The molecular weight excluding hydrogens is 242 g/mol. The Bertz CT molecular complexity index is 727. The van der Waals surface area contributed by atoms with E-state index >= 15 is 0 Å². The van der Waals surface area contributed by atoms with Crippen molar-refractivity contribution in [2.45, 2.75) is 6.54 Å². The summed E-state index contributed by atoms with van der Waals surface area (Å²) in [4.78, 5) is 16.3. The number of aromatic nitrogens is 4. The molecule has 0 aromatic carbocycles. The predicted molar refractivity (Wildman–Crippen MR) is 69.6 cm³/mol. The normalized spacial score (nSPS) is 10.8. The van der Waals surface area contributed by atoms with Crippen LogP contribution >= 0.6 is 0 Å². The van der Waals surface area contributed by atoms with Crippen molar-refractivity contribution in [2.24, 2.45) is 7.05 Å². The number of pyridine rings is 1. The molecule has 0 atom stereocenters. The number of rotatable bonds is 3. The number of carbonyl (C=O) groups is 1. The van der Waals surface area contributed by atoms with Crippen LogP contribution in [0, 0.1) is 0 Å². The second kappa shape index (κ2) is 4.56. The smallest absolute Gasteiger partial charge is 0.255 e. The third kappa shape index (κ3) is 2.20. The fraction of sp³-hybridized carbons (Fsp3) is 0.154. The molecule has 0 spiro atoms. The molecule has 1 amide bonds. The predicted octanol–water partition coefficient (Wildman–Crippen LogP) is 0.998.